The molecule has 0 aliphatic rings. The summed E-state index contributed by atoms with van der Waals surface area (Å²) >= 11 is 0. The van der Waals surface area contributed by atoms with E-state index in [1.165, 1.54) is 12.1 Å². The molecule has 1 aromatic carbocycles. The second kappa shape index (κ2) is 6.66. The van der Waals surface area contributed by atoms with Gasteiger partial charge >= 0.3 is 0 Å². The van der Waals surface area contributed by atoms with Crippen molar-refractivity contribution in [2.75, 3.05) is 13.2 Å². The number of hydrogen-bond donors (Lipinski definition) is 2. The Bertz CT molecular complexity index is 822. The molecule has 0 saturated heterocycles. The number of furan rings is 1. The molecule has 6 heteroatoms. The number of rotatable bonds is 6. The van der Waals surface area contributed by atoms with E-state index < -0.39 is 0 Å². The summed E-state index contributed by atoms with van der Waals surface area (Å²) in [6, 6.07) is 9.72. The molecule has 1 amide bonds. The highest BCUT2D eigenvalue weighted by molar-refractivity contribution is 5.97. The SMILES string of the molecule is O=C(NCCCO)c1cc2occc2n1Cc1cccc(F)c1. The molecule has 0 aliphatic heterocycles. The third kappa shape index (κ3) is 3.27. The number of carbonyl (C=O) groups is 1. The minimum absolute atomic E-state index is 0.0208. The molecular formula is C17H17FN2O3. The zero-order chi connectivity index (χ0) is 16.2. The van der Waals surface area contributed by atoms with Gasteiger partial charge in [0.25, 0.3) is 5.91 Å². The topological polar surface area (TPSA) is 67.4 Å². The van der Waals surface area contributed by atoms with Crippen LogP contribution < -0.4 is 5.32 Å². The summed E-state index contributed by atoms with van der Waals surface area (Å²) in [5, 5.41) is 11.6. The average molecular weight is 316 g/mol. The molecule has 5 nitrogen and oxygen atoms in total. The van der Waals surface area contributed by atoms with Gasteiger partial charge in [-0.2, -0.15) is 0 Å². The van der Waals surface area contributed by atoms with Gasteiger partial charge in [-0.1, -0.05) is 12.1 Å². The molecule has 0 fully saturated rings. The normalized spacial score (nSPS) is 11.0. The van der Waals surface area contributed by atoms with Crippen LogP contribution in [-0.2, 0) is 6.54 Å². The summed E-state index contributed by atoms with van der Waals surface area (Å²) in [4.78, 5) is 12.3. The second-order valence-corrected chi connectivity index (χ2v) is 5.25. The molecule has 120 valence electrons. The molecule has 0 saturated carbocycles. The summed E-state index contributed by atoms with van der Waals surface area (Å²) < 4.78 is 20.5. The molecule has 2 heterocycles. The van der Waals surface area contributed by atoms with Gasteiger partial charge in [-0.15, -0.1) is 0 Å². The number of amides is 1. The van der Waals surface area contributed by atoms with Gasteiger partial charge in [0.1, 0.15) is 11.5 Å². The van der Waals surface area contributed by atoms with E-state index in [0.717, 1.165) is 11.1 Å². The number of hydrogen-bond acceptors (Lipinski definition) is 3. The Kier molecular flexibility index (Phi) is 4.43. The summed E-state index contributed by atoms with van der Waals surface area (Å²) in [5.41, 5.74) is 2.59. The number of nitrogens with one attached hydrogen (secondary N) is 1. The fourth-order valence-electron chi connectivity index (χ4n) is 2.52. The fraction of sp³-hybridized carbons (Fsp3) is 0.235. The molecule has 0 aliphatic carbocycles. The third-order valence-corrected chi connectivity index (χ3v) is 3.61. The lowest BCUT2D eigenvalue weighted by atomic mass is 10.2. The van der Waals surface area contributed by atoms with Gasteiger partial charge in [0.15, 0.2) is 5.58 Å². The number of benzene rings is 1. The van der Waals surface area contributed by atoms with E-state index in [0.29, 0.717) is 30.8 Å². The molecule has 2 N–H and O–H groups in total. The number of fused-ring (bicyclic) bond motifs is 1. The van der Waals surface area contributed by atoms with Gasteiger partial charge in [0, 0.05) is 31.8 Å². The monoisotopic (exact) mass is 316 g/mol. The molecule has 0 unspecified atom stereocenters. The van der Waals surface area contributed by atoms with Gasteiger partial charge < -0.3 is 19.4 Å². The van der Waals surface area contributed by atoms with Crippen LogP contribution in [0.15, 0.2) is 47.1 Å². The Balaban J connectivity index is 1.92. The first kappa shape index (κ1) is 15.3. The minimum atomic E-state index is -0.313. The Morgan fingerprint density at radius 1 is 1.30 bits per heavy atom. The first-order valence-electron chi connectivity index (χ1n) is 7.39. The van der Waals surface area contributed by atoms with E-state index >= 15 is 0 Å². The molecule has 3 rings (SSSR count). The number of halogens is 1. The summed E-state index contributed by atoms with van der Waals surface area (Å²) in [5.74, 6) is -0.562. The van der Waals surface area contributed by atoms with Crippen LogP contribution in [0.4, 0.5) is 4.39 Å². The predicted octanol–water partition coefficient (Wildman–Crippen LogP) is 2.53. The molecule has 0 radical (unpaired) electrons. The Morgan fingerprint density at radius 3 is 2.96 bits per heavy atom. The van der Waals surface area contributed by atoms with Gasteiger partial charge in [-0.3, -0.25) is 4.79 Å². The van der Waals surface area contributed by atoms with E-state index in [1.807, 2.05) is 6.07 Å². The van der Waals surface area contributed by atoms with Crippen LogP contribution >= 0.6 is 0 Å². The van der Waals surface area contributed by atoms with Gasteiger partial charge in [-0.05, 0) is 24.1 Å². The molecule has 0 spiro atoms. The molecule has 2 aromatic heterocycles. The zero-order valence-electron chi connectivity index (χ0n) is 12.5. The van der Waals surface area contributed by atoms with Crippen molar-refractivity contribution < 1.29 is 18.7 Å². The van der Waals surface area contributed by atoms with Crippen LogP contribution in [0.3, 0.4) is 0 Å². The van der Waals surface area contributed by atoms with Crippen LogP contribution in [0.2, 0.25) is 0 Å². The Hall–Kier alpha value is -2.60. The van der Waals surface area contributed by atoms with Crippen molar-refractivity contribution >= 4 is 17.0 Å². The van der Waals surface area contributed by atoms with E-state index in [9.17, 15) is 9.18 Å². The summed E-state index contributed by atoms with van der Waals surface area (Å²) in [6.45, 7) is 0.776. The number of nitrogens with zero attached hydrogens (tertiary/aromatic N) is 1. The molecule has 23 heavy (non-hydrogen) atoms. The lowest BCUT2D eigenvalue weighted by Gasteiger charge is -2.10. The zero-order valence-corrected chi connectivity index (χ0v) is 12.5. The van der Waals surface area contributed by atoms with Crippen molar-refractivity contribution in [3.8, 4) is 0 Å². The second-order valence-electron chi connectivity index (χ2n) is 5.25. The van der Waals surface area contributed by atoms with Crippen molar-refractivity contribution in [3.05, 3.63) is 59.7 Å². The lowest BCUT2D eigenvalue weighted by Crippen LogP contribution is -2.27. The number of carbonyl (C=O) groups excluding carboxylic acids is 1. The van der Waals surface area contributed by atoms with Crippen LogP contribution in [-0.4, -0.2) is 28.7 Å². The van der Waals surface area contributed by atoms with E-state index in [2.05, 4.69) is 5.32 Å². The maximum atomic E-state index is 13.4. The van der Waals surface area contributed by atoms with Crippen molar-refractivity contribution in [1.82, 2.24) is 9.88 Å². The van der Waals surface area contributed by atoms with E-state index in [-0.39, 0.29) is 18.3 Å². The van der Waals surface area contributed by atoms with Crippen molar-refractivity contribution in [2.24, 2.45) is 0 Å². The minimum Gasteiger partial charge on any atom is -0.463 e. The molecule has 0 atom stereocenters. The number of aliphatic hydroxyl groups is 1. The lowest BCUT2D eigenvalue weighted by molar-refractivity contribution is 0.0942. The molecular weight excluding hydrogens is 299 g/mol. The smallest absolute Gasteiger partial charge is 0.268 e. The Labute approximate surface area is 132 Å². The van der Waals surface area contributed by atoms with Crippen molar-refractivity contribution in [2.45, 2.75) is 13.0 Å². The van der Waals surface area contributed by atoms with Crippen LogP contribution in [0, 0.1) is 5.82 Å². The van der Waals surface area contributed by atoms with E-state index in [1.54, 1.807) is 29.0 Å². The predicted molar refractivity (Wildman–Crippen MR) is 83.7 cm³/mol. The third-order valence-electron chi connectivity index (χ3n) is 3.61. The number of aromatic nitrogens is 1. The fourth-order valence-corrected chi connectivity index (χ4v) is 2.52. The van der Waals surface area contributed by atoms with Crippen molar-refractivity contribution in [3.63, 3.8) is 0 Å². The standard InChI is InChI=1S/C17H17FN2O3/c18-13-4-1-3-12(9-13)11-20-14-5-8-23-16(14)10-15(20)17(22)19-6-2-7-21/h1,3-5,8-10,21H,2,6-7,11H2,(H,19,22). The highest BCUT2D eigenvalue weighted by Gasteiger charge is 2.17. The van der Waals surface area contributed by atoms with Gasteiger partial charge in [-0.25, -0.2) is 4.39 Å². The first-order chi connectivity index (χ1) is 11.2. The van der Waals surface area contributed by atoms with Crippen LogP contribution in [0.25, 0.3) is 11.1 Å². The van der Waals surface area contributed by atoms with Crippen LogP contribution in [0.5, 0.6) is 0 Å². The van der Waals surface area contributed by atoms with Gasteiger partial charge in [0.05, 0.1) is 11.8 Å². The quantitative estimate of drug-likeness (QED) is 0.687. The van der Waals surface area contributed by atoms with E-state index in [4.69, 9.17) is 9.52 Å². The maximum Gasteiger partial charge on any atom is 0.268 e. The van der Waals surface area contributed by atoms with Gasteiger partial charge in [0.2, 0.25) is 0 Å². The Morgan fingerprint density at radius 2 is 2.17 bits per heavy atom. The molecule has 3 aromatic rings. The molecule has 0 bridgehead atoms. The highest BCUT2D eigenvalue weighted by atomic mass is 19.1. The first-order valence-corrected chi connectivity index (χ1v) is 7.39. The average Bonchev–Trinajstić information content (AvgIpc) is 3.10. The summed E-state index contributed by atoms with van der Waals surface area (Å²) in [6.07, 6.45) is 2.05. The largest absolute Gasteiger partial charge is 0.463 e. The van der Waals surface area contributed by atoms with Crippen LogP contribution in [0.1, 0.15) is 22.5 Å². The number of aliphatic hydroxyl groups excluding tert-OH is 1. The van der Waals surface area contributed by atoms with Crippen molar-refractivity contribution in [1.29, 1.82) is 0 Å². The maximum absolute atomic E-state index is 13.4. The highest BCUT2D eigenvalue weighted by Crippen LogP contribution is 2.22. The summed E-state index contributed by atoms with van der Waals surface area (Å²) in [7, 11) is 0.